The Morgan fingerprint density at radius 3 is 2.05 bits per heavy atom. The molecule has 0 aliphatic heterocycles. The molecule has 0 spiro atoms. The molecule has 0 aromatic carbocycles. The molecule has 1 heteroatoms. The molecular weight excluding hydrogens is 252 g/mol. The topological polar surface area (TPSA) is 0 Å². The third kappa shape index (κ3) is 5.14. The first-order valence-corrected chi connectivity index (χ1v) is 9.04. The third-order valence-electron chi connectivity index (χ3n) is 5.32. The largest absolute Gasteiger partial charge is 0.123 e. The van der Waals surface area contributed by atoms with Gasteiger partial charge in [-0.25, -0.2) is 0 Å². The summed E-state index contributed by atoms with van der Waals surface area (Å²) in [6.07, 6.45) is 20.1. The normalized spacial score (nSPS) is 36.7. The zero-order valence-electron chi connectivity index (χ0n) is 12.6. The molecule has 2 fully saturated rings. The molecule has 0 heterocycles. The van der Waals surface area contributed by atoms with Gasteiger partial charge in [0.25, 0.3) is 0 Å². The molecule has 110 valence electrons. The van der Waals surface area contributed by atoms with Crippen LogP contribution in [0.1, 0.15) is 77.6 Å². The minimum atomic E-state index is 0.481. The SMILES string of the molecule is CCCC/C=C/C1CCC(C2CCC(Cl)CC2)CC1. The van der Waals surface area contributed by atoms with Gasteiger partial charge < -0.3 is 0 Å². The Kier molecular flexibility index (Phi) is 6.77. The van der Waals surface area contributed by atoms with Gasteiger partial charge in [0, 0.05) is 5.38 Å². The summed E-state index contributed by atoms with van der Waals surface area (Å²) >= 11 is 6.22. The molecule has 0 nitrogen and oxygen atoms in total. The van der Waals surface area contributed by atoms with Gasteiger partial charge in [-0.2, -0.15) is 0 Å². The van der Waals surface area contributed by atoms with E-state index in [-0.39, 0.29) is 0 Å². The van der Waals surface area contributed by atoms with Crippen LogP contribution in [0, 0.1) is 17.8 Å². The van der Waals surface area contributed by atoms with Crippen molar-refractivity contribution in [3.63, 3.8) is 0 Å². The van der Waals surface area contributed by atoms with E-state index in [1.54, 1.807) is 0 Å². The first-order chi connectivity index (χ1) is 9.29. The summed E-state index contributed by atoms with van der Waals surface area (Å²) in [6, 6.07) is 0. The van der Waals surface area contributed by atoms with E-state index >= 15 is 0 Å². The van der Waals surface area contributed by atoms with Crippen LogP contribution in [-0.4, -0.2) is 5.38 Å². The van der Waals surface area contributed by atoms with E-state index in [9.17, 15) is 0 Å². The molecule has 2 rings (SSSR count). The van der Waals surface area contributed by atoms with Gasteiger partial charge in [0.05, 0.1) is 0 Å². The first-order valence-electron chi connectivity index (χ1n) is 8.60. The molecule has 2 aliphatic carbocycles. The number of alkyl halides is 1. The predicted octanol–water partition coefficient (Wildman–Crippen LogP) is 6.34. The van der Waals surface area contributed by atoms with Crippen molar-refractivity contribution in [3.05, 3.63) is 12.2 Å². The van der Waals surface area contributed by atoms with Crippen molar-refractivity contribution in [1.82, 2.24) is 0 Å². The fourth-order valence-electron chi connectivity index (χ4n) is 3.97. The molecule has 0 amide bonds. The lowest BCUT2D eigenvalue weighted by Crippen LogP contribution is -2.25. The van der Waals surface area contributed by atoms with Crippen molar-refractivity contribution in [2.75, 3.05) is 0 Å². The standard InChI is InChI=1S/C18H31Cl/c1-2-3-4-5-6-15-7-9-16(10-8-15)17-11-13-18(19)14-12-17/h5-6,15-18H,2-4,7-14H2,1H3/b6-5+. The van der Waals surface area contributed by atoms with Gasteiger partial charge in [-0.15, -0.1) is 11.6 Å². The van der Waals surface area contributed by atoms with Gasteiger partial charge in [-0.05, 0) is 75.5 Å². The highest BCUT2D eigenvalue weighted by Crippen LogP contribution is 2.41. The fraction of sp³-hybridized carbons (Fsp3) is 0.889. The van der Waals surface area contributed by atoms with Crippen molar-refractivity contribution in [2.24, 2.45) is 17.8 Å². The number of unbranched alkanes of at least 4 members (excludes halogenated alkanes) is 2. The molecule has 0 N–H and O–H groups in total. The maximum Gasteiger partial charge on any atom is 0.0336 e. The number of hydrogen-bond acceptors (Lipinski definition) is 0. The van der Waals surface area contributed by atoms with E-state index in [2.05, 4.69) is 19.1 Å². The lowest BCUT2D eigenvalue weighted by atomic mass is 9.71. The van der Waals surface area contributed by atoms with E-state index in [1.807, 2.05) is 0 Å². The zero-order chi connectivity index (χ0) is 13.5. The van der Waals surface area contributed by atoms with Crippen molar-refractivity contribution < 1.29 is 0 Å². The maximum absolute atomic E-state index is 6.22. The zero-order valence-corrected chi connectivity index (χ0v) is 13.4. The van der Waals surface area contributed by atoms with Crippen LogP contribution in [0.15, 0.2) is 12.2 Å². The van der Waals surface area contributed by atoms with Crippen molar-refractivity contribution in [1.29, 1.82) is 0 Å². The molecule has 19 heavy (non-hydrogen) atoms. The molecule has 0 aromatic rings. The quantitative estimate of drug-likeness (QED) is 0.314. The van der Waals surface area contributed by atoms with Crippen LogP contribution >= 0.6 is 11.6 Å². The second-order valence-electron chi connectivity index (χ2n) is 6.76. The van der Waals surface area contributed by atoms with E-state index < -0.39 is 0 Å². The van der Waals surface area contributed by atoms with Crippen LogP contribution in [-0.2, 0) is 0 Å². The lowest BCUT2D eigenvalue weighted by molar-refractivity contribution is 0.181. The highest BCUT2D eigenvalue weighted by atomic mass is 35.5. The summed E-state index contributed by atoms with van der Waals surface area (Å²) in [5, 5.41) is 0.481. The monoisotopic (exact) mass is 282 g/mol. The first kappa shape index (κ1) is 15.4. The lowest BCUT2D eigenvalue weighted by Gasteiger charge is -2.36. The van der Waals surface area contributed by atoms with Gasteiger partial charge in [-0.1, -0.05) is 31.9 Å². The Labute approximate surface area is 125 Å². The number of halogens is 1. The van der Waals surface area contributed by atoms with Gasteiger partial charge in [0.1, 0.15) is 0 Å². The minimum Gasteiger partial charge on any atom is -0.123 e. The molecular formula is C18H31Cl. The Bertz CT molecular complexity index is 255. The summed E-state index contributed by atoms with van der Waals surface area (Å²) in [5.74, 6) is 2.90. The van der Waals surface area contributed by atoms with Crippen LogP contribution in [0.4, 0.5) is 0 Å². The van der Waals surface area contributed by atoms with Crippen molar-refractivity contribution in [3.8, 4) is 0 Å². The molecule has 2 aliphatic rings. The minimum absolute atomic E-state index is 0.481. The summed E-state index contributed by atoms with van der Waals surface area (Å²) in [7, 11) is 0. The molecule has 0 radical (unpaired) electrons. The Morgan fingerprint density at radius 2 is 1.47 bits per heavy atom. The molecule has 0 atom stereocenters. The van der Waals surface area contributed by atoms with Gasteiger partial charge in [-0.3, -0.25) is 0 Å². The molecule has 0 unspecified atom stereocenters. The van der Waals surface area contributed by atoms with E-state index in [4.69, 9.17) is 11.6 Å². The van der Waals surface area contributed by atoms with Gasteiger partial charge >= 0.3 is 0 Å². The molecule has 0 aromatic heterocycles. The van der Waals surface area contributed by atoms with E-state index in [0.717, 1.165) is 17.8 Å². The summed E-state index contributed by atoms with van der Waals surface area (Å²) in [5.41, 5.74) is 0. The second-order valence-corrected chi connectivity index (χ2v) is 7.37. The fourth-order valence-corrected chi connectivity index (χ4v) is 4.22. The van der Waals surface area contributed by atoms with Crippen LogP contribution in [0.2, 0.25) is 0 Å². The van der Waals surface area contributed by atoms with Gasteiger partial charge in [0.15, 0.2) is 0 Å². The van der Waals surface area contributed by atoms with Crippen LogP contribution in [0.5, 0.6) is 0 Å². The van der Waals surface area contributed by atoms with Crippen LogP contribution in [0.3, 0.4) is 0 Å². The average Bonchev–Trinajstić information content (AvgIpc) is 2.45. The number of allylic oxidation sites excluding steroid dienone is 2. The summed E-state index contributed by atoms with van der Waals surface area (Å²) in [6.45, 7) is 2.27. The predicted molar refractivity (Wildman–Crippen MR) is 85.7 cm³/mol. The second kappa shape index (κ2) is 8.35. The van der Waals surface area contributed by atoms with E-state index in [0.29, 0.717) is 5.38 Å². The summed E-state index contributed by atoms with van der Waals surface area (Å²) < 4.78 is 0. The number of hydrogen-bond donors (Lipinski definition) is 0. The van der Waals surface area contributed by atoms with Crippen LogP contribution < -0.4 is 0 Å². The summed E-state index contributed by atoms with van der Waals surface area (Å²) in [4.78, 5) is 0. The maximum atomic E-state index is 6.22. The number of rotatable bonds is 5. The third-order valence-corrected chi connectivity index (χ3v) is 5.75. The van der Waals surface area contributed by atoms with Crippen LogP contribution in [0.25, 0.3) is 0 Å². The Morgan fingerprint density at radius 1 is 0.895 bits per heavy atom. The van der Waals surface area contributed by atoms with Crippen molar-refractivity contribution in [2.45, 2.75) is 82.9 Å². The Hall–Kier alpha value is 0.0300. The Balaban J connectivity index is 1.66. The highest BCUT2D eigenvalue weighted by molar-refractivity contribution is 6.20. The average molecular weight is 283 g/mol. The molecule has 0 saturated heterocycles. The molecule has 0 bridgehead atoms. The van der Waals surface area contributed by atoms with Crippen molar-refractivity contribution >= 4 is 11.6 Å². The van der Waals surface area contributed by atoms with E-state index in [1.165, 1.54) is 70.6 Å². The molecule has 2 saturated carbocycles. The highest BCUT2D eigenvalue weighted by Gasteiger charge is 2.29. The van der Waals surface area contributed by atoms with Gasteiger partial charge in [0.2, 0.25) is 0 Å². The smallest absolute Gasteiger partial charge is 0.0336 e.